The van der Waals surface area contributed by atoms with E-state index in [-0.39, 0.29) is 5.91 Å². The highest BCUT2D eigenvalue weighted by Gasteiger charge is 2.19. The maximum atomic E-state index is 13.1. The van der Waals surface area contributed by atoms with Crippen molar-refractivity contribution >= 4 is 45.7 Å². The highest BCUT2D eigenvalue weighted by molar-refractivity contribution is 7.19. The van der Waals surface area contributed by atoms with Crippen LogP contribution in [0.1, 0.15) is 10.4 Å². The molecule has 7 nitrogen and oxygen atoms in total. The van der Waals surface area contributed by atoms with Gasteiger partial charge in [0.05, 0.1) is 26.0 Å². The number of hydrogen-bond acceptors (Lipinski definition) is 7. The Balaban J connectivity index is 1.23. The van der Waals surface area contributed by atoms with Crippen LogP contribution in [0.25, 0.3) is 21.5 Å². The lowest BCUT2D eigenvalue weighted by molar-refractivity contribution is 0.0949. The van der Waals surface area contributed by atoms with E-state index in [1.54, 1.807) is 12.4 Å². The van der Waals surface area contributed by atoms with E-state index in [0.29, 0.717) is 16.4 Å². The van der Waals surface area contributed by atoms with Gasteiger partial charge in [0.25, 0.3) is 5.91 Å². The second kappa shape index (κ2) is 9.82. The van der Waals surface area contributed by atoms with Crippen molar-refractivity contribution in [3.8, 4) is 10.6 Å². The topological polar surface area (TPSA) is 74.2 Å². The number of thiophene rings is 1. The summed E-state index contributed by atoms with van der Waals surface area (Å²) in [5.74, 6) is 0.687. The van der Waals surface area contributed by atoms with Crippen LogP contribution >= 0.6 is 22.9 Å². The van der Waals surface area contributed by atoms with Gasteiger partial charge in [0.15, 0.2) is 0 Å². The Hall–Kier alpha value is -3.07. The molecule has 33 heavy (non-hydrogen) atoms. The Morgan fingerprint density at radius 1 is 1.03 bits per heavy atom. The van der Waals surface area contributed by atoms with Crippen LogP contribution < -0.4 is 10.2 Å². The number of piperazine rings is 1. The molecule has 0 spiro atoms. The van der Waals surface area contributed by atoms with Crippen molar-refractivity contribution in [1.82, 2.24) is 25.2 Å². The fraction of sp³-hybridized carbons (Fsp3) is 0.250. The zero-order valence-corrected chi connectivity index (χ0v) is 19.5. The van der Waals surface area contributed by atoms with Crippen molar-refractivity contribution in [3.63, 3.8) is 0 Å². The molecule has 1 aromatic carbocycles. The van der Waals surface area contributed by atoms with E-state index in [1.807, 2.05) is 48.5 Å². The number of hydrogen-bond donors (Lipinski definition) is 1. The summed E-state index contributed by atoms with van der Waals surface area (Å²) in [6.45, 7) is 4.95. The minimum Gasteiger partial charge on any atom is -0.351 e. The Bertz CT molecular complexity index is 1260. The third-order valence-electron chi connectivity index (χ3n) is 5.71. The molecule has 0 unspecified atom stereocenters. The smallest absolute Gasteiger partial charge is 0.252 e. The van der Waals surface area contributed by atoms with Crippen LogP contribution in [0.3, 0.4) is 0 Å². The number of nitrogens with zero attached hydrogens (tertiary/aromatic N) is 5. The van der Waals surface area contributed by atoms with E-state index in [1.165, 1.54) is 11.3 Å². The zero-order valence-electron chi connectivity index (χ0n) is 17.9. The van der Waals surface area contributed by atoms with Crippen molar-refractivity contribution in [2.45, 2.75) is 0 Å². The molecule has 0 bridgehead atoms. The number of fused-ring (bicyclic) bond motifs is 1. The lowest BCUT2D eigenvalue weighted by atomic mass is 10.1. The fourth-order valence-corrected chi connectivity index (χ4v) is 4.99. The lowest BCUT2D eigenvalue weighted by Crippen LogP contribution is -2.49. The Kier molecular flexibility index (Phi) is 6.48. The summed E-state index contributed by atoms with van der Waals surface area (Å²) in [6, 6.07) is 15.2. The number of aromatic nitrogens is 3. The molecule has 0 aliphatic carbocycles. The molecule has 0 atom stereocenters. The van der Waals surface area contributed by atoms with Crippen LogP contribution in [0.5, 0.6) is 0 Å². The predicted molar refractivity (Wildman–Crippen MR) is 133 cm³/mol. The van der Waals surface area contributed by atoms with Crippen LogP contribution in [0.2, 0.25) is 4.34 Å². The molecule has 1 N–H and O–H groups in total. The average Bonchev–Trinajstić information content (AvgIpc) is 3.30. The van der Waals surface area contributed by atoms with E-state index in [9.17, 15) is 4.79 Å². The SMILES string of the molecule is O=C(NCCN1CCN(c2ncccn2)CC1)c1cc(-c2ccc(Cl)s2)nc2ccccc12. The van der Waals surface area contributed by atoms with E-state index < -0.39 is 0 Å². The van der Waals surface area contributed by atoms with Crippen molar-refractivity contribution in [1.29, 1.82) is 0 Å². The van der Waals surface area contributed by atoms with E-state index >= 15 is 0 Å². The molecule has 1 amide bonds. The van der Waals surface area contributed by atoms with Gasteiger partial charge in [-0.3, -0.25) is 9.69 Å². The molecular formula is C24H23ClN6OS. The molecule has 5 rings (SSSR count). The molecule has 1 fully saturated rings. The van der Waals surface area contributed by atoms with Crippen molar-refractivity contribution < 1.29 is 4.79 Å². The largest absolute Gasteiger partial charge is 0.351 e. The highest BCUT2D eigenvalue weighted by Crippen LogP contribution is 2.32. The number of halogens is 1. The average molecular weight is 479 g/mol. The molecule has 1 saturated heterocycles. The number of para-hydroxylation sites is 1. The number of carbonyl (C=O) groups excluding carboxylic acids is 1. The standard InChI is InChI=1S/C24H23ClN6OS/c25-22-7-6-21(33-22)20-16-18(17-4-1-2-5-19(17)29-20)23(32)26-10-11-30-12-14-31(15-13-30)24-27-8-3-9-28-24/h1-9,16H,10-15H2,(H,26,32). The summed E-state index contributed by atoms with van der Waals surface area (Å²) >= 11 is 7.57. The number of nitrogens with one attached hydrogen (secondary N) is 1. The van der Waals surface area contributed by atoms with Gasteiger partial charge < -0.3 is 10.2 Å². The fourth-order valence-electron chi connectivity index (χ4n) is 3.99. The number of pyridine rings is 1. The van der Waals surface area contributed by atoms with Gasteiger partial charge in [-0.15, -0.1) is 11.3 Å². The number of rotatable bonds is 6. The van der Waals surface area contributed by atoms with Gasteiger partial charge in [-0.1, -0.05) is 29.8 Å². The molecule has 0 saturated carbocycles. The summed E-state index contributed by atoms with van der Waals surface area (Å²) in [5, 5.41) is 3.94. The maximum absolute atomic E-state index is 13.1. The van der Waals surface area contributed by atoms with Crippen LogP contribution in [-0.4, -0.2) is 65.0 Å². The van der Waals surface area contributed by atoms with Gasteiger partial charge >= 0.3 is 0 Å². The van der Waals surface area contributed by atoms with Crippen molar-refractivity contribution in [2.75, 3.05) is 44.2 Å². The molecule has 168 valence electrons. The lowest BCUT2D eigenvalue weighted by Gasteiger charge is -2.34. The molecule has 4 heterocycles. The Labute approximate surface area is 201 Å². The molecule has 0 radical (unpaired) electrons. The number of anilines is 1. The summed E-state index contributed by atoms with van der Waals surface area (Å²) in [6.07, 6.45) is 3.54. The molecule has 4 aromatic rings. The monoisotopic (exact) mass is 478 g/mol. The first-order chi connectivity index (χ1) is 16.2. The van der Waals surface area contributed by atoms with Crippen LogP contribution in [0, 0.1) is 0 Å². The van der Waals surface area contributed by atoms with Crippen LogP contribution in [-0.2, 0) is 0 Å². The van der Waals surface area contributed by atoms with Gasteiger partial charge in [-0.2, -0.15) is 0 Å². The number of benzene rings is 1. The van der Waals surface area contributed by atoms with Gasteiger partial charge in [0.2, 0.25) is 5.95 Å². The first kappa shape index (κ1) is 21.8. The summed E-state index contributed by atoms with van der Waals surface area (Å²) in [5.41, 5.74) is 2.19. The third kappa shape index (κ3) is 4.98. The number of amides is 1. The maximum Gasteiger partial charge on any atom is 0.252 e. The zero-order chi connectivity index (χ0) is 22.6. The summed E-state index contributed by atoms with van der Waals surface area (Å²) in [4.78, 5) is 32.0. The van der Waals surface area contributed by atoms with E-state index in [2.05, 4.69) is 25.1 Å². The Morgan fingerprint density at radius 2 is 1.82 bits per heavy atom. The summed E-state index contributed by atoms with van der Waals surface area (Å²) in [7, 11) is 0. The van der Waals surface area contributed by atoms with Crippen LogP contribution in [0.4, 0.5) is 5.95 Å². The normalized spacial score (nSPS) is 14.5. The third-order valence-corrected chi connectivity index (χ3v) is 6.96. The van der Waals surface area contributed by atoms with Crippen LogP contribution in [0.15, 0.2) is 60.9 Å². The van der Waals surface area contributed by atoms with Gasteiger partial charge in [0.1, 0.15) is 0 Å². The second-order valence-electron chi connectivity index (χ2n) is 7.81. The van der Waals surface area contributed by atoms with E-state index in [4.69, 9.17) is 16.6 Å². The van der Waals surface area contributed by atoms with Crippen molar-refractivity contribution in [3.05, 3.63) is 70.8 Å². The summed E-state index contributed by atoms with van der Waals surface area (Å²) < 4.78 is 0.699. The highest BCUT2D eigenvalue weighted by atomic mass is 35.5. The molecule has 9 heteroatoms. The van der Waals surface area contributed by atoms with Gasteiger partial charge in [-0.25, -0.2) is 15.0 Å². The van der Waals surface area contributed by atoms with Gasteiger partial charge in [0, 0.05) is 57.0 Å². The van der Waals surface area contributed by atoms with Crippen molar-refractivity contribution in [2.24, 2.45) is 0 Å². The predicted octanol–water partition coefficient (Wildman–Crippen LogP) is 3.96. The minimum absolute atomic E-state index is 0.0891. The quantitative estimate of drug-likeness (QED) is 0.452. The number of carbonyl (C=O) groups is 1. The molecular weight excluding hydrogens is 456 g/mol. The first-order valence-corrected chi connectivity index (χ1v) is 12.0. The first-order valence-electron chi connectivity index (χ1n) is 10.9. The Morgan fingerprint density at radius 3 is 2.58 bits per heavy atom. The van der Waals surface area contributed by atoms with Gasteiger partial charge in [-0.05, 0) is 30.3 Å². The molecule has 3 aromatic heterocycles. The second-order valence-corrected chi connectivity index (χ2v) is 9.52. The molecule has 1 aliphatic rings. The van der Waals surface area contributed by atoms with E-state index in [0.717, 1.165) is 60.1 Å². The molecule has 1 aliphatic heterocycles. The minimum atomic E-state index is -0.0891.